The van der Waals surface area contributed by atoms with Crippen molar-refractivity contribution in [3.05, 3.63) is 64.3 Å². The maximum Gasteiger partial charge on any atom is 0.207 e. The fourth-order valence-corrected chi connectivity index (χ4v) is 3.82. The van der Waals surface area contributed by atoms with Gasteiger partial charge >= 0.3 is 0 Å². The molecule has 0 bridgehead atoms. The molecule has 7 heteroatoms. The number of nitrogens with zero attached hydrogens (tertiary/aromatic N) is 2. The van der Waals surface area contributed by atoms with E-state index in [-0.39, 0.29) is 11.6 Å². The van der Waals surface area contributed by atoms with Crippen LogP contribution in [0.2, 0.25) is 0 Å². The molecule has 0 atom stereocenters. The highest BCUT2D eigenvalue weighted by atomic mass is 32.1. The van der Waals surface area contributed by atoms with Crippen LogP contribution >= 0.6 is 11.3 Å². The highest BCUT2D eigenvalue weighted by Crippen LogP contribution is 2.31. The average molecular weight is 363 g/mol. The predicted octanol–water partition coefficient (Wildman–Crippen LogP) is 4.19. The molecule has 4 aromatic rings. The number of imidazole rings is 1. The van der Waals surface area contributed by atoms with Crippen molar-refractivity contribution in [2.45, 2.75) is 13.8 Å². The zero-order valence-corrected chi connectivity index (χ0v) is 15.1. The first kappa shape index (κ1) is 16.3. The van der Waals surface area contributed by atoms with Gasteiger partial charge in [0.2, 0.25) is 5.78 Å². The fourth-order valence-electron chi connectivity index (χ4n) is 2.97. The number of benzene rings is 2. The minimum absolute atomic E-state index is 0.0901. The Morgan fingerprint density at radius 2 is 1.96 bits per heavy atom. The molecule has 26 heavy (non-hydrogen) atoms. The van der Waals surface area contributed by atoms with Crippen molar-refractivity contribution in [1.82, 2.24) is 15.0 Å². The number of fused-ring (bicyclic) bond motifs is 1. The van der Waals surface area contributed by atoms with E-state index in [4.69, 9.17) is 5.73 Å². The molecule has 0 radical (unpaired) electrons. The monoisotopic (exact) mass is 363 g/mol. The maximum atomic E-state index is 13.0. The van der Waals surface area contributed by atoms with E-state index in [2.05, 4.69) is 20.3 Å². The van der Waals surface area contributed by atoms with Crippen LogP contribution in [-0.4, -0.2) is 20.7 Å². The summed E-state index contributed by atoms with van der Waals surface area (Å²) in [5, 5.41) is 3.79. The Bertz CT molecular complexity index is 1110. The first-order chi connectivity index (χ1) is 12.5. The Hall–Kier alpha value is -3.19. The number of anilines is 3. The number of nitrogens with one attached hydrogen (secondary N) is 2. The number of hydrogen-bond acceptors (Lipinski definition) is 6. The van der Waals surface area contributed by atoms with E-state index in [1.165, 1.54) is 11.3 Å². The summed E-state index contributed by atoms with van der Waals surface area (Å²) >= 11 is 1.26. The number of ketones is 1. The third-order valence-electron chi connectivity index (χ3n) is 4.24. The molecule has 0 aliphatic carbocycles. The third-order valence-corrected chi connectivity index (χ3v) is 5.22. The number of carbonyl (C=O) groups excluding carboxylic acids is 1. The number of thiazole rings is 1. The van der Waals surface area contributed by atoms with Crippen LogP contribution in [0, 0.1) is 13.8 Å². The Labute approximate surface area is 154 Å². The highest BCUT2D eigenvalue weighted by Gasteiger charge is 2.21. The normalized spacial score (nSPS) is 11.0. The molecule has 4 N–H and O–H groups in total. The number of aryl methyl sites for hydroxylation is 2. The zero-order chi connectivity index (χ0) is 18.3. The number of carbonyl (C=O) groups is 1. The number of hydrogen-bond donors (Lipinski definition) is 3. The van der Waals surface area contributed by atoms with E-state index in [9.17, 15) is 4.79 Å². The van der Waals surface area contributed by atoms with Gasteiger partial charge < -0.3 is 16.0 Å². The SMILES string of the molecule is Cc1cccc(C)c1C(=O)c1sc(Nc2ccc3nc[nH]c3c2)nc1N. The summed E-state index contributed by atoms with van der Waals surface area (Å²) < 4.78 is 0. The number of aromatic nitrogens is 3. The lowest BCUT2D eigenvalue weighted by Crippen LogP contribution is -2.06. The van der Waals surface area contributed by atoms with E-state index in [1.807, 2.05) is 50.2 Å². The quantitative estimate of drug-likeness (QED) is 0.472. The smallest absolute Gasteiger partial charge is 0.207 e. The van der Waals surface area contributed by atoms with Gasteiger partial charge in [0.05, 0.1) is 17.4 Å². The van der Waals surface area contributed by atoms with Crippen LogP contribution in [0.25, 0.3) is 11.0 Å². The molecule has 6 nitrogen and oxygen atoms in total. The number of rotatable bonds is 4. The summed E-state index contributed by atoms with van der Waals surface area (Å²) in [6.07, 6.45) is 1.65. The van der Waals surface area contributed by atoms with Crippen molar-refractivity contribution in [2.24, 2.45) is 0 Å². The van der Waals surface area contributed by atoms with Gasteiger partial charge in [0.15, 0.2) is 5.13 Å². The summed E-state index contributed by atoms with van der Waals surface area (Å²) in [4.78, 5) is 25.0. The highest BCUT2D eigenvalue weighted by molar-refractivity contribution is 7.18. The van der Waals surface area contributed by atoms with E-state index in [0.29, 0.717) is 15.6 Å². The Morgan fingerprint density at radius 1 is 1.19 bits per heavy atom. The molecule has 2 heterocycles. The summed E-state index contributed by atoms with van der Waals surface area (Å²) in [6, 6.07) is 11.6. The molecule has 0 spiro atoms. The van der Waals surface area contributed by atoms with Crippen molar-refractivity contribution in [3.8, 4) is 0 Å². The van der Waals surface area contributed by atoms with Gasteiger partial charge in [-0.3, -0.25) is 4.79 Å². The number of H-pyrrole nitrogens is 1. The molecule has 4 rings (SSSR count). The molecule has 0 unspecified atom stereocenters. The van der Waals surface area contributed by atoms with Gasteiger partial charge in [-0.15, -0.1) is 0 Å². The summed E-state index contributed by atoms with van der Waals surface area (Å²) in [6.45, 7) is 3.85. The van der Waals surface area contributed by atoms with Crippen LogP contribution in [0.5, 0.6) is 0 Å². The largest absolute Gasteiger partial charge is 0.382 e. The molecular weight excluding hydrogens is 346 g/mol. The van der Waals surface area contributed by atoms with Gasteiger partial charge in [0, 0.05) is 11.3 Å². The molecule has 2 aromatic heterocycles. The molecule has 130 valence electrons. The van der Waals surface area contributed by atoms with E-state index in [0.717, 1.165) is 27.8 Å². The van der Waals surface area contributed by atoms with Crippen molar-refractivity contribution >= 4 is 44.8 Å². The van der Waals surface area contributed by atoms with E-state index in [1.54, 1.807) is 6.33 Å². The zero-order valence-electron chi connectivity index (χ0n) is 14.3. The second-order valence-corrected chi connectivity index (χ2v) is 7.09. The van der Waals surface area contributed by atoms with Crippen LogP contribution < -0.4 is 11.1 Å². The van der Waals surface area contributed by atoms with Gasteiger partial charge in [-0.2, -0.15) is 0 Å². The van der Waals surface area contributed by atoms with Crippen molar-refractivity contribution in [2.75, 3.05) is 11.1 Å². The summed E-state index contributed by atoms with van der Waals surface area (Å²) in [5.74, 6) is 0.153. The lowest BCUT2D eigenvalue weighted by Gasteiger charge is -2.07. The molecule has 0 aliphatic rings. The second-order valence-electron chi connectivity index (χ2n) is 6.09. The Morgan fingerprint density at radius 3 is 2.73 bits per heavy atom. The minimum Gasteiger partial charge on any atom is -0.382 e. The summed E-state index contributed by atoms with van der Waals surface area (Å²) in [7, 11) is 0. The van der Waals surface area contributed by atoms with Crippen molar-refractivity contribution in [1.29, 1.82) is 0 Å². The maximum absolute atomic E-state index is 13.0. The summed E-state index contributed by atoms with van der Waals surface area (Å²) in [5.41, 5.74) is 11.2. The van der Waals surface area contributed by atoms with Crippen LogP contribution in [0.3, 0.4) is 0 Å². The molecule has 0 fully saturated rings. The fraction of sp³-hybridized carbons (Fsp3) is 0.105. The Balaban J connectivity index is 1.65. The molecule has 0 saturated carbocycles. The van der Waals surface area contributed by atoms with Crippen LogP contribution in [-0.2, 0) is 0 Å². The minimum atomic E-state index is -0.0901. The number of aromatic amines is 1. The molecule has 2 aromatic carbocycles. The average Bonchev–Trinajstić information content (AvgIpc) is 3.20. The number of nitrogens with two attached hydrogens (primary N) is 1. The predicted molar refractivity (Wildman–Crippen MR) is 105 cm³/mol. The topological polar surface area (TPSA) is 96.7 Å². The second kappa shape index (κ2) is 6.27. The van der Waals surface area contributed by atoms with Gasteiger partial charge in [-0.05, 0) is 43.2 Å². The van der Waals surface area contributed by atoms with Gasteiger partial charge in [0.1, 0.15) is 10.7 Å². The van der Waals surface area contributed by atoms with Crippen molar-refractivity contribution in [3.63, 3.8) is 0 Å². The lowest BCUT2D eigenvalue weighted by molar-refractivity contribution is 0.104. The first-order valence-electron chi connectivity index (χ1n) is 8.10. The molecular formula is C19H17N5OS. The van der Waals surface area contributed by atoms with Gasteiger partial charge in [0.25, 0.3) is 0 Å². The molecule has 0 amide bonds. The third kappa shape index (κ3) is 2.82. The molecule has 0 aliphatic heterocycles. The van der Waals surface area contributed by atoms with Crippen LogP contribution in [0.1, 0.15) is 26.4 Å². The first-order valence-corrected chi connectivity index (χ1v) is 8.92. The van der Waals surface area contributed by atoms with Gasteiger partial charge in [-0.1, -0.05) is 29.5 Å². The van der Waals surface area contributed by atoms with Crippen LogP contribution in [0.15, 0.2) is 42.7 Å². The van der Waals surface area contributed by atoms with E-state index >= 15 is 0 Å². The Kier molecular flexibility index (Phi) is 3.93. The van der Waals surface area contributed by atoms with Crippen molar-refractivity contribution < 1.29 is 4.79 Å². The molecule has 0 saturated heterocycles. The van der Waals surface area contributed by atoms with Crippen LogP contribution in [0.4, 0.5) is 16.6 Å². The lowest BCUT2D eigenvalue weighted by atomic mass is 9.98. The number of nitrogen functional groups attached to an aromatic ring is 1. The van der Waals surface area contributed by atoms with E-state index < -0.39 is 0 Å². The standard InChI is InChI=1S/C19H17N5OS/c1-10-4-3-5-11(2)15(10)16(25)17-18(20)24-19(26-17)23-12-6-7-13-14(8-12)22-9-21-13/h3-9H,20H2,1-2H3,(H,21,22)(H,23,24). The van der Waals surface area contributed by atoms with Gasteiger partial charge in [-0.25, -0.2) is 9.97 Å².